The highest BCUT2D eigenvalue weighted by molar-refractivity contribution is 5.75. The molecule has 0 radical (unpaired) electrons. The Hall–Kier alpha value is -1.79. The quantitative estimate of drug-likeness (QED) is 0.893. The molecule has 1 aliphatic rings. The molecule has 2 N–H and O–H groups in total. The van der Waals surface area contributed by atoms with Gasteiger partial charge in [-0.25, -0.2) is 4.98 Å². The van der Waals surface area contributed by atoms with Crippen LogP contribution in [0.25, 0.3) is 0 Å². The number of nitrogens with zero attached hydrogens (tertiary/aromatic N) is 1. The molecule has 1 heterocycles. The number of anilines is 1. The second kappa shape index (κ2) is 5.91. The van der Waals surface area contributed by atoms with Crippen LogP contribution in [0.5, 0.6) is 0 Å². The summed E-state index contributed by atoms with van der Waals surface area (Å²) in [5.41, 5.74) is -1.88. The van der Waals surface area contributed by atoms with Crippen molar-refractivity contribution in [2.75, 3.05) is 11.9 Å². The van der Waals surface area contributed by atoms with E-state index in [1.165, 1.54) is 12.3 Å². The Morgan fingerprint density at radius 2 is 2.00 bits per heavy atom. The summed E-state index contributed by atoms with van der Waals surface area (Å²) < 4.78 is 38.6. The summed E-state index contributed by atoms with van der Waals surface area (Å²) in [6, 6.07) is 2.14. The first-order valence-corrected chi connectivity index (χ1v) is 6.85. The van der Waals surface area contributed by atoms with E-state index in [1.54, 1.807) is 0 Å². The summed E-state index contributed by atoms with van der Waals surface area (Å²) in [6.45, 7) is -0.0393. The van der Waals surface area contributed by atoms with Gasteiger partial charge in [0.25, 0.3) is 0 Å². The number of carbonyl (C=O) groups is 1. The number of hydrogen-bond donors (Lipinski definition) is 2. The average molecular weight is 302 g/mol. The number of aliphatic carboxylic acids is 1. The van der Waals surface area contributed by atoms with E-state index in [4.69, 9.17) is 0 Å². The van der Waals surface area contributed by atoms with Crippen LogP contribution in [0.15, 0.2) is 18.3 Å². The van der Waals surface area contributed by atoms with Crippen molar-refractivity contribution in [1.29, 1.82) is 0 Å². The zero-order valence-corrected chi connectivity index (χ0v) is 11.4. The van der Waals surface area contributed by atoms with Gasteiger partial charge in [-0.15, -0.1) is 0 Å². The smallest absolute Gasteiger partial charge is 0.419 e. The Morgan fingerprint density at radius 3 is 2.57 bits per heavy atom. The molecule has 0 aromatic carbocycles. The van der Waals surface area contributed by atoms with Crippen molar-refractivity contribution in [1.82, 2.24) is 4.98 Å². The summed E-state index contributed by atoms with van der Waals surface area (Å²) in [7, 11) is 0. The van der Waals surface area contributed by atoms with Crippen molar-refractivity contribution in [3.05, 3.63) is 23.9 Å². The molecule has 1 aromatic heterocycles. The first kappa shape index (κ1) is 15.6. The molecule has 0 unspecified atom stereocenters. The normalized spacial score (nSPS) is 18.2. The lowest BCUT2D eigenvalue weighted by molar-refractivity contribution is -0.150. The number of pyridine rings is 1. The molecule has 1 saturated carbocycles. The molecular weight excluding hydrogens is 285 g/mol. The van der Waals surface area contributed by atoms with Crippen molar-refractivity contribution in [2.45, 2.75) is 38.3 Å². The summed E-state index contributed by atoms with van der Waals surface area (Å²) in [5.74, 6) is -1.27. The van der Waals surface area contributed by atoms with Gasteiger partial charge >= 0.3 is 12.1 Å². The minimum atomic E-state index is -4.51. The largest absolute Gasteiger partial charge is 0.481 e. The summed E-state index contributed by atoms with van der Waals surface area (Å²) >= 11 is 0. The average Bonchev–Trinajstić information content (AvgIpc) is 2.45. The van der Waals surface area contributed by atoms with Crippen LogP contribution >= 0.6 is 0 Å². The highest BCUT2D eigenvalue weighted by atomic mass is 19.4. The Bertz CT molecular complexity index is 511. The van der Waals surface area contributed by atoms with Gasteiger partial charge in [0.1, 0.15) is 5.82 Å². The van der Waals surface area contributed by atoms with Gasteiger partial charge in [0.15, 0.2) is 0 Å². The summed E-state index contributed by atoms with van der Waals surface area (Å²) in [6.07, 6.45) is 0.218. The zero-order valence-electron chi connectivity index (χ0n) is 11.4. The van der Waals surface area contributed by atoms with E-state index in [0.717, 1.165) is 25.3 Å². The first-order valence-electron chi connectivity index (χ1n) is 6.85. The van der Waals surface area contributed by atoms with Crippen molar-refractivity contribution in [3.8, 4) is 0 Å². The van der Waals surface area contributed by atoms with Gasteiger partial charge in [-0.3, -0.25) is 4.79 Å². The fraction of sp³-hybridized carbons (Fsp3) is 0.571. The van der Waals surface area contributed by atoms with Crippen molar-refractivity contribution in [3.63, 3.8) is 0 Å². The number of hydrogen-bond acceptors (Lipinski definition) is 3. The fourth-order valence-electron chi connectivity index (χ4n) is 2.72. The monoisotopic (exact) mass is 302 g/mol. The van der Waals surface area contributed by atoms with E-state index >= 15 is 0 Å². The Labute approximate surface area is 120 Å². The third kappa shape index (κ3) is 3.46. The van der Waals surface area contributed by atoms with Crippen LogP contribution in [0.3, 0.4) is 0 Å². The number of nitrogens with one attached hydrogen (secondary N) is 1. The van der Waals surface area contributed by atoms with Crippen LogP contribution in [0.2, 0.25) is 0 Å². The number of carboxylic acid groups (broad SMARTS) is 1. The van der Waals surface area contributed by atoms with Gasteiger partial charge in [0, 0.05) is 12.7 Å². The molecule has 0 spiro atoms. The van der Waals surface area contributed by atoms with Gasteiger partial charge in [-0.2, -0.15) is 13.2 Å². The van der Waals surface area contributed by atoms with Crippen LogP contribution in [0.1, 0.15) is 37.7 Å². The van der Waals surface area contributed by atoms with E-state index in [0.29, 0.717) is 12.8 Å². The van der Waals surface area contributed by atoms with Gasteiger partial charge in [-0.05, 0) is 25.0 Å². The minimum absolute atomic E-state index is 0.0393. The predicted octanol–water partition coefficient (Wildman–Crippen LogP) is 3.55. The lowest BCUT2D eigenvalue weighted by atomic mass is 9.74. The maximum Gasteiger partial charge on any atom is 0.419 e. The third-order valence-electron chi connectivity index (χ3n) is 3.97. The summed E-state index contributed by atoms with van der Waals surface area (Å²) in [4.78, 5) is 15.2. The molecule has 0 amide bonds. The Morgan fingerprint density at radius 1 is 1.33 bits per heavy atom. The van der Waals surface area contributed by atoms with Gasteiger partial charge in [-0.1, -0.05) is 19.3 Å². The molecule has 0 atom stereocenters. The van der Waals surface area contributed by atoms with Crippen LogP contribution in [-0.2, 0) is 11.0 Å². The molecule has 1 fully saturated rings. The number of aromatic nitrogens is 1. The molecule has 21 heavy (non-hydrogen) atoms. The summed E-state index contributed by atoms with van der Waals surface area (Å²) in [5, 5.41) is 12.0. The van der Waals surface area contributed by atoms with E-state index in [1.807, 2.05) is 0 Å². The molecule has 116 valence electrons. The van der Waals surface area contributed by atoms with Crippen LogP contribution in [0.4, 0.5) is 19.0 Å². The van der Waals surface area contributed by atoms with E-state index in [9.17, 15) is 23.1 Å². The second-order valence-corrected chi connectivity index (χ2v) is 5.40. The zero-order chi connectivity index (χ0) is 15.5. The molecule has 2 rings (SSSR count). The number of carboxylic acids is 1. The van der Waals surface area contributed by atoms with E-state index in [-0.39, 0.29) is 12.4 Å². The van der Waals surface area contributed by atoms with Gasteiger partial charge in [0.2, 0.25) is 0 Å². The second-order valence-electron chi connectivity index (χ2n) is 5.40. The maximum atomic E-state index is 12.9. The molecule has 1 aliphatic carbocycles. The van der Waals surface area contributed by atoms with Crippen LogP contribution in [0, 0.1) is 5.41 Å². The molecule has 7 heteroatoms. The number of alkyl halides is 3. The minimum Gasteiger partial charge on any atom is -0.481 e. The third-order valence-corrected chi connectivity index (χ3v) is 3.97. The molecule has 0 saturated heterocycles. The van der Waals surface area contributed by atoms with Crippen molar-refractivity contribution in [2.24, 2.45) is 5.41 Å². The van der Waals surface area contributed by atoms with Crippen LogP contribution < -0.4 is 5.32 Å². The Balaban J connectivity index is 2.17. The lowest BCUT2D eigenvalue weighted by Gasteiger charge is -2.33. The highest BCUT2D eigenvalue weighted by Gasteiger charge is 2.40. The standard InChI is InChI=1S/C14H17F3N2O2/c15-14(16,17)10-5-4-8-18-11(10)19-9-13(12(20)21)6-2-1-3-7-13/h4-5,8H,1-3,6-7,9H2,(H,18,19)(H,20,21). The van der Waals surface area contributed by atoms with E-state index < -0.39 is 23.1 Å². The van der Waals surface area contributed by atoms with Gasteiger partial charge in [0.05, 0.1) is 11.0 Å². The molecule has 1 aromatic rings. The molecular formula is C14H17F3N2O2. The van der Waals surface area contributed by atoms with Gasteiger partial charge < -0.3 is 10.4 Å². The predicted molar refractivity (Wildman–Crippen MR) is 70.9 cm³/mol. The molecule has 0 bridgehead atoms. The topological polar surface area (TPSA) is 62.2 Å². The number of halogens is 3. The Kier molecular flexibility index (Phi) is 4.39. The SMILES string of the molecule is O=C(O)C1(CNc2ncccc2C(F)(F)F)CCCCC1. The maximum absolute atomic E-state index is 12.9. The lowest BCUT2D eigenvalue weighted by Crippen LogP contribution is -2.40. The number of rotatable bonds is 4. The van der Waals surface area contributed by atoms with Crippen molar-refractivity contribution < 1.29 is 23.1 Å². The van der Waals surface area contributed by atoms with Crippen molar-refractivity contribution >= 4 is 11.8 Å². The fourth-order valence-corrected chi connectivity index (χ4v) is 2.72. The van der Waals surface area contributed by atoms with Crippen LogP contribution in [-0.4, -0.2) is 22.6 Å². The van der Waals surface area contributed by atoms with E-state index in [2.05, 4.69) is 10.3 Å². The molecule has 0 aliphatic heterocycles. The highest BCUT2D eigenvalue weighted by Crippen LogP contribution is 2.38. The molecule has 4 nitrogen and oxygen atoms in total. The first-order chi connectivity index (χ1) is 9.85.